The van der Waals surface area contributed by atoms with E-state index in [1.54, 1.807) is 16.2 Å². The molecule has 0 amide bonds. The molecule has 0 spiro atoms. The van der Waals surface area contributed by atoms with Gasteiger partial charge in [-0.1, -0.05) is 0 Å². The van der Waals surface area contributed by atoms with E-state index in [-0.39, 0.29) is 35.3 Å². The van der Waals surface area contributed by atoms with E-state index in [1.165, 1.54) is 0 Å². The number of hydrogen-bond acceptors (Lipinski definition) is 6. The Morgan fingerprint density at radius 3 is 2.71 bits per heavy atom. The number of nitrogens with zero attached hydrogens (tertiary/aromatic N) is 5. The molecule has 3 aliphatic rings. The van der Waals surface area contributed by atoms with Crippen molar-refractivity contribution < 1.29 is 9.47 Å². The van der Waals surface area contributed by atoms with E-state index in [1.807, 2.05) is 6.92 Å². The lowest BCUT2D eigenvalue weighted by Gasteiger charge is -2.26. The average molecular weight is 408 g/mol. The molecule has 2 aromatic heterocycles. The molecular weight excluding hydrogens is 382 g/mol. The third kappa shape index (κ3) is 2.76. The Morgan fingerprint density at radius 2 is 2.07 bits per heavy atom. The van der Waals surface area contributed by atoms with E-state index in [9.17, 15) is 4.79 Å². The van der Waals surface area contributed by atoms with Gasteiger partial charge in [0.25, 0.3) is 0 Å². The molecule has 5 atom stereocenters. The molecule has 2 aromatic rings. The minimum absolute atomic E-state index is 0.00726. The van der Waals surface area contributed by atoms with Crippen molar-refractivity contribution in [2.24, 2.45) is 7.05 Å². The Hall–Kier alpha value is -1.64. The van der Waals surface area contributed by atoms with Crippen molar-refractivity contribution in [1.29, 1.82) is 0 Å². The van der Waals surface area contributed by atoms with Crippen LogP contribution < -0.4 is 10.4 Å². The first-order valence-corrected chi connectivity index (χ1v) is 10.5. The van der Waals surface area contributed by atoms with Crippen LogP contribution in [0.1, 0.15) is 45.1 Å². The summed E-state index contributed by atoms with van der Waals surface area (Å²) < 4.78 is 15.6. The Kier molecular flexibility index (Phi) is 4.41. The number of ether oxygens (including phenoxy) is 2. The normalized spacial score (nSPS) is 31.1. The van der Waals surface area contributed by atoms with Gasteiger partial charge in [-0.05, 0) is 64.2 Å². The molecular formula is C19H26ClN5O3. The number of rotatable bonds is 4. The zero-order valence-corrected chi connectivity index (χ0v) is 17.2. The summed E-state index contributed by atoms with van der Waals surface area (Å²) in [6.07, 6.45) is 5.37. The molecule has 28 heavy (non-hydrogen) atoms. The van der Waals surface area contributed by atoms with Crippen molar-refractivity contribution in [1.82, 2.24) is 24.0 Å². The van der Waals surface area contributed by atoms with Gasteiger partial charge in [0.15, 0.2) is 11.2 Å². The van der Waals surface area contributed by atoms with E-state index in [0.717, 1.165) is 38.6 Å². The van der Waals surface area contributed by atoms with Gasteiger partial charge >= 0.3 is 5.69 Å². The highest BCUT2D eigenvalue weighted by Gasteiger charge is 2.43. The van der Waals surface area contributed by atoms with E-state index < -0.39 is 0 Å². The van der Waals surface area contributed by atoms with Crippen molar-refractivity contribution in [3.05, 3.63) is 15.8 Å². The first-order chi connectivity index (χ1) is 13.4. The van der Waals surface area contributed by atoms with Crippen molar-refractivity contribution in [2.45, 2.75) is 69.4 Å². The van der Waals surface area contributed by atoms with Gasteiger partial charge in [0.2, 0.25) is 11.2 Å². The van der Waals surface area contributed by atoms with Gasteiger partial charge in [-0.25, -0.2) is 4.79 Å². The van der Waals surface area contributed by atoms with Crippen molar-refractivity contribution in [3.8, 4) is 5.88 Å². The first-order valence-electron chi connectivity index (χ1n) is 10.1. The van der Waals surface area contributed by atoms with Crippen LogP contribution in [0.2, 0.25) is 5.28 Å². The molecule has 0 aromatic carbocycles. The van der Waals surface area contributed by atoms with Crippen molar-refractivity contribution in [3.63, 3.8) is 0 Å². The lowest BCUT2D eigenvalue weighted by molar-refractivity contribution is 0.0938. The van der Waals surface area contributed by atoms with E-state index in [2.05, 4.69) is 21.9 Å². The molecule has 3 fully saturated rings. The fraction of sp³-hybridized carbons (Fsp3) is 0.737. The van der Waals surface area contributed by atoms with Gasteiger partial charge in [-0.2, -0.15) is 9.97 Å². The van der Waals surface area contributed by atoms with E-state index in [0.29, 0.717) is 23.1 Å². The second-order valence-corrected chi connectivity index (χ2v) is 8.71. The Morgan fingerprint density at radius 1 is 1.25 bits per heavy atom. The van der Waals surface area contributed by atoms with Crippen molar-refractivity contribution >= 4 is 22.8 Å². The minimum atomic E-state index is -0.122. The molecule has 152 valence electrons. The average Bonchev–Trinajstić information content (AvgIpc) is 3.40. The Balaban J connectivity index is 1.57. The summed E-state index contributed by atoms with van der Waals surface area (Å²) in [5.41, 5.74) is 1.02. The monoisotopic (exact) mass is 407 g/mol. The Bertz CT molecular complexity index is 973. The summed E-state index contributed by atoms with van der Waals surface area (Å²) >= 11 is 6.25. The molecule has 2 unspecified atom stereocenters. The number of aromatic nitrogens is 4. The van der Waals surface area contributed by atoms with Gasteiger partial charge in [0.1, 0.15) is 6.10 Å². The minimum Gasteiger partial charge on any atom is -0.471 e. The molecule has 2 bridgehead atoms. The van der Waals surface area contributed by atoms with E-state index in [4.69, 9.17) is 21.1 Å². The van der Waals surface area contributed by atoms with Crippen LogP contribution in [0.5, 0.6) is 5.88 Å². The molecule has 0 aliphatic carbocycles. The highest BCUT2D eigenvalue weighted by molar-refractivity contribution is 6.28. The lowest BCUT2D eigenvalue weighted by Crippen LogP contribution is -2.38. The highest BCUT2D eigenvalue weighted by Crippen LogP contribution is 2.42. The zero-order valence-electron chi connectivity index (χ0n) is 16.5. The van der Waals surface area contributed by atoms with Crippen LogP contribution in [0.4, 0.5) is 0 Å². The van der Waals surface area contributed by atoms with Crippen LogP contribution in [0.3, 0.4) is 0 Å². The molecule has 3 aliphatic heterocycles. The number of aryl methyl sites for hydroxylation is 1. The van der Waals surface area contributed by atoms with Crippen LogP contribution >= 0.6 is 11.6 Å². The summed E-state index contributed by atoms with van der Waals surface area (Å²) in [6.45, 7) is 3.12. The highest BCUT2D eigenvalue weighted by atomic mass is 35.5. The van der Waals surface area contributed by atoms with Crippen LogP contribution in [-0.4, -0.2) is 61.9 Å². The largest absolute Gasteiger partial charge is 0.471 e. The van der Waals surface area contributed by atoms with Gasteiger partial charge in [-0.3, -0.25) is 14.0 Å². The van der Waals surface area contributed by atoms with Crippen LogP contribution in [-0.2, 0) is 11.8 Å². The molecule has 0 radical (unpaired) electrons. The lowest BCUT2D eigenvalue weighted by atomic mass is 9.95. The smallest absolute Gasteiger partial charge is 0.330 e. The third-order valence-corrected chi connectivity index (χ3v) is 6.85. The number of halogens is 1. The SMILES string of the molecule is C[C@H](Oc1nc(Cl)nc2c1n(C)c(=O)n2[C@@H]1CC2CCC1O2)[C@@H]1CCCN1C. The number of hydrogen-bond donors (Lipinski definition) is 0. The molecule has 0 N–H and O–H groups in total. The summed E-state index contributed by atoms with van der Waals surface area (Å²) in [6, 6.07) is 0.314. The van der Waals surface area contributed by atoms with Gasteiger partial charge in [-0.15, -0.1) is 0 Å². The van der Waals surface area contributed by atoms with E-state index >= 15 is 0 Å². The third-order valence-electron chi connectivity index (χ3n) is 6.68. The molecule has 5 rings (SSSR count). The predicted octanol–water partition coefficient (Wildman–Crippen LogP) is 2.14. The standard InChI is InChI=1S/C19H26ClN5O3/c1-10(12-5-4-8-23(12)2)27-17-15-16(21-18(20)22-17)25(19(26)24(15)3)13-9-11-6-7-14(13)28-11/h10-14H,4-9H2,1-3H3/t10-,11?,12-,13+,14?/m0/s1. The molecule has 5 heterocycles. The quantitative estimate of drug-likeness (QED) is 0.723. The Labute approximate surface area is 168 Å². The van der Waals surface area contributed by atoms with Crippen LogP contribution in [0.15, 0.2) is 4.79 Å². The number of likely N-dealkylation sites (tertiary alicyclic amines) is 1. The fourth-order valence-corrected chi connectivity index (χ4v) is 5.41. The summed E-state index contributed by atoms with van der Waals surface area (Å²) in [5, 5.41) is 0.0953. The maximum absolute atomic E-state index is 13.1. The summed E-state index contributed by atoms with van der Waals surface area (Å²) in [4.78, 5) is 24.2. The fourth-order valence-electron chi connectivity index (χ4n) is 5.25. The summed E-state index contributed by atoms with van der Waals surface area (Å²) in [7, 11) is 3.85. The summed E-state index contributed by atoms with van der Waals surface area (Å²) in [5.74, 6) is 0.380. The molecule has 3 saturated heterocycles. The van der Waals surface area contributed by atoms with Crippen LogP contribution in [0, 0.1) is 0 Å². The zero-order chi connectivity index (χ0) is 19.6. The van der Waals surface area contributed by atoms with Gasteiger partial charge in [0.05, 0.1) is 18.2 Å². The molecule has 0 saturated carbocycles. The molecule has 8 nitrogen and oxygen atoms in total. The second-order valence-electron chi connectivity index (χ2n) is 8.37. The van der Waals surface area contributed by atoms with Gasteiger partial charge < -0.3 is 9.47 Å². The molecule has 9 heteroatoms. The number of imidazole rings is 1. The van der Waals surface area contributed by atoms with Crippen molar-refractivity contribution in [2.75, 3.05) is 13.6 Å². The topological polar surface area (TPSA) is 74.4 Å². The second kappa shape index (κ2) is 6.71. The number of likely N-dealkylation sites (N-methyl/N-ethyl adjacent to an activating group) is 1. The first kappa shape index (κ1) is 18.4. The maximum Gasteiger partial charge on any atom is 0.330 e. The van der Waals surface area contributed by atoms with Crippen LogP contribution in [0.25, 0.3) is 11.2 Å². The predicted molar refractivity (Wildman–Crippen MR) is 105 cm³/mol. The van der Waals surface area contributed by atoms with Gasteiger partial charge in [0, 0.05) is 13.1 Å². The number of fused-ring (bicyclic) bond motifs is 3. The maximum atomic E-state index is 13.1.